The van der Waals surface area contributed by atoms with Gasteiger partial charge < -0.3 is 15.5 Å². The molecule has 1 aromatic rings. The smallest absolute Gasteiger partial charge is 0.220 e. The van der Waals surface area contributed by atoms with Crippen molar-refractivity contribution in [3.05, 3.63) is 18.0 Å². The summed E-state index contributed by atoms with van der Waals surface area (Å²) in [5.41, 5.74) is 1.20. The number of piperidine rings is 1. The average Bonchev–Trinajstić information content (AvgIpc) is 3.07. The number of carbonyl (C=O) groups excluding carboxylic acids is 1. The van der Waals surface area contributed by atoms with Gasteiger partial charge in [0.25, 0.3) is 0 Å². The summed E-state index contributed by atoms with van der Waals surface area (Å²) < 4.78 is 1.86. The number of amides is 1. The van der Waals surface area contributed by atoms with Gasteiger partial charge in [0, 0.05) is 51.8 Å². The molecular weight excluding hydrogens is 280 g/mol. The van der Waals surface area contributed by atoms with E-state index in [1.807, 2.05) is 24.8 Å². The quantitative estimate of drug-likeness (QED) is 0.600. The molecule has 1 atom stereocenters. The fraction of sp³-hybridized carbons (Fsp3) is 0.667. The third-order valence-corrected chi connectivity index (χ3v) is 4.72. The highest BCUT2D eigenvalue weighted by atomic mass is 16.1. The number of aryl methyl sites for hydroxylation is 1. The molecule has 2 aliphatic heterocycles. The second-order valence-electron chi connectivity index (χ2n) is 6.33. The zero-order valence-corrected chi connectivity index (χ0v) is 13.3. The van der Waals surface area contributed by atoms with E-state index in [4.69, 9.17) is 0 Å². The van der Waals surface area contributed by atoms with Crippen molar-refractivity contribution in [2.75, 3.05) is 26.7 Å². The summed E-state index contributed by atoms with van der Waals surface area (Å²) in [7, 11) is 3.75. The average molecular weight is 304 g/mol. The summed E-state index contributed by atoms with van der Waals surface area (Å²) >= 11 is 0. The number of nitrogens with zero attached hydrogens (tertiary/aromatic N) is 4. The van der Waals surface area contributed by atoms with Crippen LogP contribution in [0.5, 0.6) is 0 Å². The number of aliphatic imine (C=N–C) groups is 1. The van der Waals surface area contributed by atoms with Gasteiger partial charge in [0.2, 0.25) is 5.91 Å². The van der Waals surface area contributed by atoms with E-state index in [1.54, 1.807) is 6.20 Å². The molecule has 7 nitrogen and oxygen atoms in total. The third kappa shape index (κ3) is 2.93. The largest absolute Gasteiger partial charge is 0.355 e. The van der Waals surface area contributed by atoms with Gasteiger partial charge in [-0.05, 0) is 18.9 Å². The molecule has 0 aliphatic carbocycles. The van der Waals surface area contributed by atoms with Crippen molar-refractivity contribution in [2.45, 2.75) is 25.8 Å². The highest BCUT2D eigenvalue weighted by molar-refractivity contribution is 5.81. The highest BCUT2D eigenvalue weighted by Gasteiger charge is 2.42. The molecule has 3 rings (SSSR count). The zero-order valence-electron chi connectivity index (χ0n) is 13.3. The topological polar surface area (TPSA) is 74.6 Å². The predicted octanol–water partition coefficient (Wildman–Crippen LogP) is 0.0976. The molecule has 0 aromatic carbocycles. The SMILES string of the molecule is CN=C(NCc1ccnn1C)N1CCCC2(CNC(=O)C2)C1. The van der Waals surface area contributed by atoms with Crippen LogP contribution in [0.15, 0.2) is 17.3 Å². The Labute approximate surface area is 130 Å². The van der Waals surface area contributed by atoms with Gasteiger partial charge in [0.05, 0.1) is 12.2 Å². The lowest BCUT2D eigenvalue weighted by Gasteiger charge is -2.40. The van der Waals surface area contributed by atoms with E-state index in [0.29, 0.717) is 13.0 Å². The first-order valence-electron chi connectivity index (χ1n) is 7.81. The van der Waals surface area contributed by atoms with E-state index in [2.05, 4.69) is 25.6 Å². The van der Waals surface area contributed by atoms with Crippen molar-refractivity contribution in [3.63, 3.8) is 0 Å². The van der Waals surface area contributed by atoms with E-state index in [0.717, 1.165) is 44.1 Å². The van der Waals surface area contributed by atoms with Gasteiger partial charge in [-0.25, -0.2) is 0 Å². The van der Waals surface area contributed by atoms with Crippen molar-refractivity contribution in [2.24, 2.45) is 17.5 Å². The number of carbonyl (C=O) groups is 1. The van der Waals surface area contributed by atoms with Gasteiger partial charge >= 0.3 is 0 Å². The Morgan fingerprint density at radius 1 is 1.59 bits per heavy atom. The fourth-order valence-electron chi connectivity index (χ4n) is 3.51. The monoisotopic (exact) mass is 304 g/mol. The van der Waals surface area contributed by atoms with Gasteiger partial charge in [-0.15, -0.1) is 0 Å². The molecule has 7 heteroatoms. The van der Waals surface area contributed by atoms with Crippen LogP contribution in [-0.2, 0) is 18.4 Å². The minimum absolute atomic E-state index is 0.0828. The van der Waals surface area contributed by atoms with Crippen LogP contribution < -0.4 is 10.6 Å². The summed E-state index contributed by atoms with van der Waals surface area (Å²) in [6, 6.07) is 2.00. The fourth-order valence-corrected chi connectivity index (χ4v) is 3.51. The minimum atomic E-state index is 0.0828. The summed E-state index contributed by atoms with van der Waals surface area (Å²) in [5, 5.41) is 10.6. The van der Waals surface area contributed by atoms with E-state index in [1.165, 1.54) is 0 Å². The van der Waals surface area contributed by atoms with Crippen LogP contribution in [0.2, 0.25) is 0 Å². The predicted molar refractivity (Wildman–Crippen MR) is 84.3 cm³/mol. The Balaban J connectivity index is 1.63. The second-order valence-corrected chi connectivity index (χ2v) is 6.33. The van der Waals surface area contributed by atoms with Crippen LogP contribution in [0.3, 0.4) is 0 Å². The first-order chi connectivity index (χ1) is 10.6. The number of hydrogen-bond donors (Lipinski definition) is 2. The van der Waals surface area contributed by atoms with E-state index >= 15 is 0 Å². The molecule has 1 amide bonds. The molecule has 2 fully saturated rings. The Hall–Kier alpha value is -2.05. The Morgan fingerprint density at radius 2 is 2.45 bits per heavy atom. The summed E-state index contributed by atoms with van der Waals surface area (Å²) in [4.78, 5) is 18.3. The second kappa shape index (κ2) is 5.98. The number of nitrogens with one attached hydrogen (secondary N) is 2. The Morgan fingerprint density at radius 3 is 3.09 bits per heavy atom. The van der Waals surface area contributed by atoms with Crippen LogP contribution in [0, 0.1) is 5.41 Å². The van der Waals surface area contributed by atoms with Crippen LogP contribution >= 0.6 is 0 Å². The number of rotatable bonds is 2. The van der Waals surface area contributed by atoms with Gasteiger partial charge in [-0.1, -0.05) is 0 Å². The number of likely N-dealkylation sites (tertiary alicyclic amines) is 1. The summed E-state index contributed by atoms with van der Waals surface area (Å²) in [6.45, 7) is 3.36. The molecule has 2 aliphatic rings. The summed E-state index contributed by atoms with van der Waals surface area (Å²) in [6.07, 6.45) is 4.65. The lowest BCUT2D eigenvalue weighted by atomic mass is 9.79. The Kier molecular flexibility index (Phi) is 4.04. The van der Waals surface area contributed by atoms with Crippen molar-refractivity contribution in [3.8, 4) is 0 Å². The first-order valence-corrected chi connectivity index (χ1v) is 7.81. The third-order valence-electron chi connectivity index (χ3n) is 4.72. The van der Waals surface area contributed by atoms with Crippen molar-refractivity contribution >= 4 is 11.9 Å². The number of hydrogen-bond acceptors (Lipinski definition) is 3. The lowest BCUT2D eigenvalue weighted by molar-refractivity contribution is -0.119. The molecule has 120 valence electrons. The van der Waals surface area contributed by atoms with E-state index in [9.17, 15) is 4.79 Å². The van der Waals surface area contributed by atoms with Gasteiger partial charge in [-0.2, -0.15) is 5.10 Å². The molecule has 1 unspecified atom stereocenters. The number of guanidine groups is 1. The van der Waals surface area contributed by atoms with Crippen LogP contribution in [0.25, 0.3) is 0 Å². The molecule has 1 aromatic heterocycles. The van der Waals surface area contributed by atoms with Crippen LogP contribution in [-0.4, -0.2) is 53.2 Å². The van der Waals surface area contributed by atoms with E-state index in [-0.39, 0.29) is 11.3 Å². The summed E-state index contributed by atoms with van der Waals surface area (Å²) in [5.74, 6) is 1.08. The van der Waals surface area contributed by atoms with Crippen molar-refractivity contribution < 1.29 is 4.79 Å². The molecule has 0 saturated carbocycles. The molecule has 0 bridgehead atoms. The van der Waals surface area contributed by atoms with Crippen LogP contribution in [0.4, 0.5) is 0 Å². The molecule has 0 radical (unpaired) electrons. The standard InChI is InChI=1S/C15H24N6O/c1-16-14(17-9-12-4-6-19-20(12)2)21-7-3-5-15(11-21)8-13(22)18-10-15/h4,6H,3,5,7-11H2,1-2H3,(H,16,17)(H,18,22). The van der Waals surface area contributed by atoms with E-state index < -0.39 is 0 Å². The highest BCUT2D eigenvalue weighted by Crippen LogP contribution is 2.35. The van der Waals surface area contributed by atoms with Gasteiger partial charge in [0.1, 0.15) is 0 Å². The molecule has 1 spiro atoms. The Bertz CT molecular complexity index is 580. The number of aromatic nitrogens is 2. The maximum absolute atomic E-state index is 11.6. The van der Waals surface area contributed by atoms with Gasteiger partial charge in [0.15, 0.2) is 5.96 Å². The van der Waals surface area contributed by atoms with Crippen molar-refractivity contribution in [1.82, 2.24) is 25.3 Å². The maximum Gasteiger partial charge on any atom is 0.220 e. The van der Waals surface area contributed by atoms with Gasteiger partial charge in [-0.3, -0.25) is 14.5 Å². The molecule has 2 saturated heterocycles. The maximum atomic E-state index is 11.6. The van der Waals surface area contributed by atoms with Crippen LogP contribution in [0.1, 0.15) is 25.0 Å². The lowest BCUT2D eigenvalue weighted by Crippen LogP contribution is -2.51. The minimum Gasteiger partial charge on any atom is -0.355 e. The molecule has 22 heavy (non-hydrogen) atoms. The first kappa shape index (κ1) is 14.9. The zero-order chi connectivity index (χ0) is 15.6. The molecule has 3 heterocycles. The molecule has 2 N–H and O–H groups in total. The van der Waals surface area contributed by atoms with Crippen molar-refractivity contribution in [1.29, 1.82) is 0 Å². The molecular formula is C15H24N6O. The normalized spacial score (nSPS) is 25.6.